The third kappa shape index (κ3) is 4.00. The Morgan fingerprint density at radius 2 is 1.79 bits per heavy atom. The molecule has 4 rings (SSSR count). The number of aromatic nitrogens is 1. The van der Waals surface area contributed by atoms with Gasteiger partial charge in [-0.05, 0) is 23.8 Å². The molecule has 1 fully saturated rings. The zero-order valence-corrected chi connectivity index (χ0v) is 16.6. The summed E-state index contributed by atoms with van der Waals surface area (Å²) in [5.41, 5.74) is 1.61. The molecule has 8 heteroatoms. The van der Waals surface area contributed by atoms with Crippen LogP contribution in [0.1, 0.15) is 15.9 Å². The lowest BCUT2D eigenvalue weighted by atomic mass is 10.1. The molecule has 7 nitrogen and oxygen atoms in total. The predicted octanol–water partition coefficient (Wildman–Crippen LogP) is 2.19. The van der Waals surface area contributed by atoms with E-state index in [1.54, 1.807) is 42.6 Å². The molecule has 0 atom stereocenters. The normalized spacial score (nSPS) is 15.3. The van der Waals surface area contributed by atoms with Gasteiger partial charge in [-0.3, -0.25) is 9.78 Å². The van der Waals surface area contributed by atoms with Gasteiger partial charge in [-0.2, -0.15) is 4.31 Å². The first-order chi connectivity index (χ1) is 14.1. The van der Waals surface area contributed by atoms with Crippen molar-refractivity contribution in [3.8, 4) is 0 Å². The monoisotopic (exact) mass is 411 g/mol. The summed E-state index contributed by atoms with van der Waals surface area (Å²) >= 11 is 0. The maximum atomic E-state index is 13.0. The number of hydrogen-bond acceptors (Lipinski definition) is 5. The van der Waals surface area contributed by atoms with Gasteiger partial charge in [0.15, 0.2) is 0 Å². The topological polar surface area (TPSA) is 88.6 Å². The highest BCUT2D eigenvalue weighted by Gasteiger charge is 2.28. The molecule has 0 radical (unpaired) electrons. The van der Waals surface area contributed by atoms with Crippen molar-refractivity contribution >= 4 is 26.8 Å². The summed E-state index contributed by atoms with van der Waals surface area (Å²) in [6.07, 6.45) is 1.64. The Balaban J connectivity index is 1.57. The first-order valence-electron chi connectivity index (χ1n) is 9.35. The van der Waals surface area contributed by atoms with E-state index in [0.29, 0.717) is 42.9 Å². The number of fused-ring (bicyclic) bond motifs is 1. The van der Waals surface area contributed by atoms with Crippen molar-refractivity contribution in [3.05, 3.63) is 71.9 Å². The lowest BCUT2D eigenvalue weighted by Gasteiger charge is -2.27. The fourth-order valence-electron chi connectivity index (χ4n) is 3.39. The second-order valence-electron chi connectivity index (χ2n) is 6.69. The van der Waals surface area contributed by atoms with Crippen LogP contribution < -0.4 is 5.32 Å². The average molecular weight is 411 g/mol. The van der Waals surface area contributed by atoms with E-state index in [1.807, 2.05) is 18.2 Å². The van der Waals surface area contributed by atoms with E-state index < -0.39 is 10.0 Å². The first kappa shape index (κ1) is 19.5. The molecule has 0 bridgehead atoms. The van der Waals surface area contributed by atoms with Crippen LogP contribution in [0, 0.1) is 0 Å². The molecule has 2 heterocycles. The molecular formula is C21H21N3O4S. The van der Waals surface area contributed by atoms with Crippen molar-refractivity contribution in [1.29, 1.82) is 0 Å². The van der Waals surface area contributed by atoms with Crippen LogP contribution in [-0.4, -0.2) is 49.9 Å². The molecule has 1 saturated heterocycles. The van der Waals surface area contributed by atoms with Gasteiger partial charge in [0.1, 0.15) is 0 Å². The van der Waals surface area contributed by atoms with Gasteiger partial charge in [-0.1, -0.05) is 36.4 Å². The molecule has 0 aliphatic carbocycles. The second-order valence-corrected chi connectivity index (χ2v) is 8.59. The van der Waals surface area contributed by atoms with Crippen molar-refractivity contribution in [3.63, 3.8) is 0 Å². The molecule has 1 aliphatic rings. The van der Waals surface area contributed by atoms with Crippen molar-refractivity contribution < 1.29 is 17.9 Å². The molecule has 29 heavy (non-hydrogen) atoms. The largest absolute Gasteiger partial charge is 0.379 e. The summed E-state index contributed by atoms with van der Waals surface area (Å²) in [4.78, 5) is 17.3. The Bertz CT molecular complexity index is 1140. The van der Waals surface area contributed by atoms with E-state index in [9.17, 15) is 13.2 Å². The number of hydrogen-bond donors (Lipinski definition) is 1. The van der Waals surface area contributed by atoms with Crippen LogP contribution in [-0.2, 0) is 21.3 Å². The van der Waals surface area contributed by atoms with Gasteiger partial charge in [0, 0.05) is 31.2 Å². The summed E-state index contributed by atoms with van der Waals surface area (Å²) in [6.45, 7) is 1.51. The average Bonchev–Trinajstić information content (AvgIpc) is 2.78. The predicted molar refractivity (Wildman–Crippen MR) is 109 cm³/mol. The van der Waals surface area contributed by atoms with Crippen molar-refractivity contribution in [2.45, 2.75) is 11.4 Å². The van der Waals surface area contributed by atoms with E-state index in [0.717, 1.165) is 5.39 Å². The number of carbonyl (C=O) groups excluding carboxylic acids is 1. The maximum absolute atomic E-state index is 13.0. The number of benzene rings is 2. The molecule has 1 aromatic heterocycles. The molecule has 1 N–H and O–H groups in total. The van der Waals surface area contributed by atoms with Gasteiger partial charge >= 0.3 is 0 Å². The number of sulfonamides is 1. The number of para-hydroxylation sites is 1. The molecule has 0 unspecified atom stereocenters. The second kappa shape index (κ2) is 8.28. The number of ether oxygens (including phenoxy) is 1. The highest BCUT2D eigenvalue weighted by molar-refractivity contribution is 7.89. The Labute approximate surface area is 169 Å². The molecule has 0 saturated carbocycles. The molecule has 1 aliphatic heterocycles. The highest BCUT2D eigenvalue weighted by atomic mass is 32.2. The molecule has 2 aromatic carbocycles. The van der Waals surface area contributed by atoms with Gasteiger partial charge in [-0.15, -0.1) is 0 Å². The van der Waals surface area contributed by atoms with Crippen LogP contribution in [0.4, 0.5) is 0 Å². The zero-order valence-electron chi connectivity index (χ0n) is 15.7. The Morgan fingerprint density at radius 1 is 1.03 bits per heavy atom. The Kier molecular flexibility index (Phi) is 5.57. The fourth-order valence-corrected chi connectivity index (χ4v) is 5.02. The highest BCUT2D eigenvalue weighted by Crippen LogP contribution is 2.22. The van der Waals surface area contributed by atoms with Crippen molar-refractivity contribution in [2.75, 3.05) is 26.3 Å². The van der Waals surface area contributed by atoms with Gasteiger partial charge in [-0.25, -0.2) is 8.42 Å². The zero-order chi connectivity index (χ0) is 20.3. The number of morpholine rings is 1. The van der Waals surface area contributed by atoms with Crippen LogP contribution in [0.3, 0.4) is 0 Å². The number of nitrogens with zero attached hydrogens (tertiary/aromatic N) is 2. The minimum Gasteiger partial charge on any atom is -0.379 e. The molecule has 150 valence electrons. The minimum absolute atomic E-state index is 0.0990. The molecule has 0 spiro atoms. The quantitative estimate of drug-likeness (QED) is 0.695. The van der Waals surface area contributed by atoms with Crippen LogP contribution in [0.2, 0.25) is 0 Å². The Morgan fingerprint density at radius 3 is 2.62 bits per heavy atom. The molecule has 1 amide bonds. The SMILES string of the molecule is O=C(NCc1ccccc1S(=O)(=O)N1CCOCC1)c1cccc2cccnc12. The minimum atomic E-state index is -3.65. The van der Waals surface area contributed by atoms with Crippen LogP contribution in [0.5, 0.6) is 0 Å². The van der Waals surface area contributed by atoms with E-state index >= 15 is 0 Å². The van der Waals surface area contributed by atoms with Crippen LogP contribution >= 0.6 is 0 Å². The van der Waals surface area contributed by atoms with E-state index in [-0.39, 0.29) is 17.3 Å². The number of carbonyl (C=O) groups is 1. The lowest BCUT2D eigenvalue weighted by Crippen LogP contribution is -2.41. The number of pyridine rings is 1. The first-order valence-corrected chi connectivity index (χ1v) is 10.8. The summed E-state index contributed by atoms with van der Waals surface area (Å²) in [7, 11) is -3.65. The fraction of sp³-hybridized carbons (Fsp3) is 0.238. The third-order valence-corrected chi connectivity index (χ3v) is 6.88. The van der Waals surface area contributed by atoms with E-state index in [2.05, 4.69) is 10.3 Å². The summed E-state index contributed by atoms with van der Waals surface area (Å²) < 4.78 is 32.8. The van der Waals surface area contributed by atoms with Gasteiger partial charge in [0.05, 0.1) is 29.2 Å². The smallest absolute Gasteiger partial charge is 0.253 e. The summed E-state index contributed by atoms with van der Waals surface area (Å²) in [5.74, 6) is -0.298. The van der Waals surface area contributed by atoms with Gasteiger partial charge < -0.3 is 10.1 Å². The van der Waals surface area contributed by atoms with Gasteiger partial charge in [0.2, 0.25) is 10.0 Å². The van der Waals surface area contributed by atoms with Crippen LogP contribution in [0.25, 0.3) is 10.9 Å². The van der Waals surface area contributed by atoms with Crippen molar-refractivity contribution in [2.24, 2.45) is 0 Å². The maximum Gasteiger partial charge on any atom is 0.253 e. The number of amides is 1. The van der Waals surface area contributed by atoms with E-state index in [4.69, 9.17) is 4.74 Å². The number of nitrogens with one attached hydrogen (secondary N) is 1. The molecular weight excluding hydrogens is 390 g/mol. The Hall–Kier alpha value is -2.81. The molecule has 3 aromatic rings. The number of rotatable bonds is 5. The third-order valence-electron chi connectivity index (χ3n) is 4.88. The van der Waals surface area contributed by atoms with Crippen molar-refractivity contribution in [1.82, 2.24) is 14.6 Å². The van der Waals surface area contributed by atoms with E-state index in [1.165, 1.54) is 4.31 Å². The lowest BCUT2D eigenvalue weighted by molar-refractivity contribution is 0.0730. The summed E-state index contributed by atoms with van der Waals surface area (Å²) in [6, 6.07) is 15.9. The standard InChI is InChI=1S/C21H21N3O4S/c25-21(18-8-3-6-16-7-4-10-22-20(16)18)23-15-17-5-1-2-9-19(17)29(26,27)24-11-13-28-14-12-24/h1-10H,11-15H2,(H,23,25). The summed E-state index contributed by atoms with van der Waals surface area (Å²) in [5, 5.41) is 3.71. The van der Waals surface area contributed by atoms with Gasteiger partial charge in [0.25, 0.3) is 5.91 Å². The van der Waals surface area contributed by atoms with Crippen LogP contribution in [0.15, 0.2) is 65.7 Å².